The molecule has 20 heavy (non-hydrogen) atoms. The molecule has 2 aromatic rings. The van der Waals surface area contributed by atoms with Crippen LogP contribution in [0.25, 0.3) is 0 Å². The Morgan fingerprint density at radius 2 is 2.15 bits per heavy atom. The van der Waals surface area contributed by atoms with E-state index in [2.05, 4.69) is 36.7 Å². The highest BCUT2D eigenvalue weighted by Crippen LogP contribution is 2.37. The van der Waals surface area contributed by atoms with Gasteiger partial charge in [0.2, 0.25) is 0 Å². The van der Waals surface area contributed by atoms with Gasteiger partial charge in [-0.25, -0.2) is 0 Å². The molecular formula is C17H23NS2. The lowest BCUT2D eigenvalue weighted by Gasteiger charge is -2.17. The van der Waals surface area contributed by atoms with Gasteiger partial charge in [0.05, 0.1) is 6.04 Å². The van der Waals surface area contributed by atoms with Crippen molar-refractivity contribution >= 4 is 22.7 Å². The Labute approximate surface area is 130 Å². The number of hydrogen-bond donors (Lipinski definition) is 1. The van der Waals surface area contributed by atoms with Crippen molar-refractivity contribution in [2.45, 2.75) is 52.0 Å². The number of rotatable bonds is 5. The average molecular weight is 306 g/mol. The fourth-order valence-electron chi connectivity index (χ4n) is 2.95. The van der Waals surface area contributed by atoms with Crippen molar-refractivity contribution in [3.63, 3.8) is 0 Å². The Morgan fingerprint density at radius 1 is 1.30 bits per heavy atom. The topological polar surface area (TPSA) is 12.0 Å². The highest BCUT2D eigenvalue weighted by atomic mass is 32.1. The van der Waals surface area contributed by atoms with Gasteiger partial charge in [-0.15, -0.1) is 22.7 Å². The summed E-state index contributed by atoms with van der Waals surface area (Å²) in [5.41, 5.74) is 3.05. The van der Waals surface area contributed by atoms with Crippen LogP contribution in [0.3, 0.4) is 0 Å². The fraction of sp³-hybridized carbons (Fsp3) is 0.529. The van der Waals surface area contributed by atoms with Gasteiger partial charge >= 0.3 is 0 Å². The van der Waals surface area contributed by atoms with Crippen LogP contribution in [0.4, 0.5) is 0 Å². The maximum atomic E-state index is 3.76. The first-order valence-electron chi connectivity index (χ1n) is 7.68. The lowest BCUT2D eigenvalue weighted by atomic mass is 9.98. The van der Waals surface area contributed by atoms with Gasteiger partial charge in [-0.3, -0.25) is 0 Å². The molecule has 3 rings (SSSR count). The molecule has 108 valence electrons. The Kier molecular flexibility index (Phi) is 4.59. The molecule has 0 amide bonds. The molecule has 1 unspecified atom stereocenters. The maximum Gasteiger partial charge on any atom is 0.0767 e. The third-order valence-corrected chi connectivity index (χ3v) is 6.45. The van der Waals surface area contributed by atoms with Crippen molar-refractivity contribution in [1.29, 1.82) is 0 Å². The smallest absolute Gasteiger partial charge is 0.0767 e. The third-order valence-electron chi connectivity index (χ3n) is 4.06. The molecule has 0 spiro atoms. The van der Waals surface area contributed by atoms with E-state index in [0.29, 0.717) is 6.04 Å². The second-order valence-electron chi connectivity index (χ2n) is 5.66. The summed E-state index contributed by atoms with van der Waals surface area (Å²) in [6.45, 7) is 5.56. The zero-order chi connectivity index (χ0) is 13.9. The van der Waals surface area contributed by atoms with Crippen LogP contribution in [0.15, 0.2) is 17.5 Å². The van der Waals surface area contributed by atoms with Crippen LogP contribution in [0.1, 0.15) is 58.0 Å². The van der Waals surface area contributed by atoms with E-state index in [0.717, 1.165) is 6.54 Å². The van der Waals surface area contributed by atoms with Crippen molar-refractivity contribution in [3.05, 3.63) is 43.3 Å². The highest BCUT2D eigenvalue weighted by Gasteiger charge is 2.22. The van der Waals surface area contributed by atoms with Gasteiger partial charge in [-0.05, 0) is 74.2 Å². The molecule has 3 heteroatoms. The van der Waals surface area contributed by atoms with Gasteiger partial charge in [-0.2, -0.15) is 0 Å². The van der Waals surface area contributed by atoms with Crippen LogP contribution in [0, 0.1) is 6.92 Å². The normalized spacial score (nSPS) is 16.1. The van der Waals surface area contributed by atoms with Crippen molar-refractivity contribution in [1.82, 2.24) is 5.32 Å². The Bertz CT molecular complexity index is 544. The van der Waals surface area contributed by atoms with E-state index < -0.39 is 0 Å². The first-order valence-corrected chi connectivity index (χ1v) is 9.38. The molecule has 2 aromatic heterocycles. The second-order valence-corrected chi connectivity index (χ2v) is 7.78. The van der Waals surface area contributed by atoms with Gasteiger partial charge < -0.3 is 5.32 Å². The summed E-state index contributed by atoms with van der Waals surface area (Å²) >= 11 is 3.94. The van der Waals surface area contributed by atoms with E-state index in [9.17, 15) is 0 Å². The molecule has 0 radical (unpaired) electrons. The molecule has 1 aliphatic rings. The molecule has 0 saturated carbocycles. The summed E-state index contributed by atoms with van der Waals surface area (Å²) in [7, 11) is 0. The minimum atomic E-state index is 0.408. The minimum absolute atomic E-state index is 0.408. The predicted octanol–water partition coefficient (Wildman–Crippen LogP) is 5.09. The minimum Gasteiger partial charge on any atom is -0.305 e. The van der Waals surface area contributed by atoms with Crippen molar-refractivity contribution in [3.8, 4) is 0 Å². The van der Waals surface area contributed by atoms with Gasteiger partial charge in [0.25, 0.3) is 0 Å². The lowest BCUT2D eigenvalue weighted by Crippen LogP contribution is -2.22. The molecule has 0 saturated heterocycles. The number of hydrogen-bond acceptors (Lipinski definition) is 3. The summed E-state index contributed by atoms with van der Waals surface area (Å²) in [6.07, 6.45) is 6.51. The molecule has 0 bridgehead atoms. The number of thiophene rings is 2. The van der Waals surface area contributed by atoms with Crippen molar-refractivity contribution in [2.75, 3.05) is 6.54 Å². The monoisotopic (exact) mass is 305 g/mol. The second kappa shape index (κ2) is 6.42. The highest BCUT2D eigenvalue weighted by molar-refractivity contribution is 7.13. The number of fused-ring (bicyclic) bond motifs is 1. The quantitative estimate of drug-likeness (QED) is 0.811. The van der Waals surface area contributed by atoms with Crippen molar-refractivity contribution in [2.24, 2.45) is 0 Å². The number of aryl methyl sites for hydroxylation is 3. The van der Waals surface area contributed by atoms with Crippen LogP contribution < -0.4 is 5.32 Å². The maximum absolute atomic E-state index is 3.76. The summed E-state index contributed by atoms with van der Waals surface area (Å²) in [6, 6.07) is 5.13. The van der Waals surface area contributed by atoms with Gasteiger partial charge in [0, 0.05) is 14.6 Å². The summed E-state index contributed by atoms with van der Waals surface area (Å²) in [5, 5.41) is 5.98. The van der Waals surface area contributed by atoms with E-state index in [1.807, 2.05) is 22.7 Å². The predicted molar refractivity (Wildman–Crippen MR) is 90.2 cm³/mol. The molecule has 2 heterocycles. The standard InChI is InChI=1S/C17H23NS2/c1-3-9-18-16(17-12(2)8-10-19-17)15-11-13-6-4-5-7-14(13)20-15/h8,10-11,16,18H,3-7,9H2,1-2H3. The molecule has 1 aliphatic carbocycles. The van der Waals surface area contributed by atoms with E-state index in [-0.39, 0.29) is 0 Å². The largest absolute Gasteiger partial charge is 0.305 e. The number of nitrogens with one attached hydrogen (secondary N) is 1. The van der Waals surface area contributed by atoms with Gasteiger partial charge in [0.15, 0.2) is 0 Å². The molecule has 1 atom stereocenters. The Hall–Kier alpha value is -0.640. The summed E-state index contributed by atoms with van der Waals surface area (Å²) < 4.78 is 0. The van der Waals surface area contributed by atoms with Gasteiger partial charge in [-0.1, -0.05) is 6.92 Å². The average Bonchev–Trinajstić information content (AvgIpc) is 3.06. The Morgan fingerprint density at radius 3 is 2.85 bits per heavy atom. The molecule has 0 aliphatic heterocycles. The van der Waals surface area contributed by atoms with E-state index in [1.165, 1.54) is 47.4 Å². The third kappa shape index (κ3) is 2.85. The van der Waals surface area contributed by atoms with Crippen LogP contribution in [0.2, 0.25) is 0 Å². The first-order chi connectivity index (χ1) is 9.79. The summed E-state index contributed by atoms with van der Waals surface area (Å²) in [5.74, 6) is 0. The lowest BCUT2D eigenvalue weighted by molar-refractivity contribution is 0.610. The van der Waals surface area contributed by atoms with Gasteiger partial charge in [0.1, 0.15) is 0 Å². The first kappa shape index (κ1) is 14.3. The molecule has 1 nitrogen and oxygen atoms in total. The summed E-state index contributed by atoms with van der Waals surface area (Å²) in [4.78, 5) is 4.66. The zero-order valence-electron chi connectivity index (χ0n) is 12.4. The van der Waals surface area contributed by atoms with E-state index in [1.54, 1.807) is 10.4 Å². The van der Waals surface area contributed by atoms with Crippen molar-refractivity contribution < 1.29 is 0 Å². The molecule has 1 N–H and O–H groups in total. The molecule has 0 aromatic carbocycles. The Balaban J connectivity index is 1.92. The van der Waals surface area contributed by atoms with E-state index in [4.69, 9.17) is 0 Å². The van der Waals surface area contributed by atoms with Crippen LogP contribution in [-0.2, 0) is 12.8 Å². The van der Waals surface area contributed by atoms with Crippen LogP contribution in [-0.4, -0.2) is 6.54 Å². The SMILES string of the molecule is CCCNC(c1cc2c(s1)CCCC2)c1sccc1C. The van der Waals surface area contributed by atoms with E-state index >= 15 is 0 Å². The molecular weight excluding hydrogens is 282 g/mol. The van der Waals surface area contributed by atoms with Crippen LogP contribution in [0.5, 0.6) is 0 Å². The fourth-order valence-corrected chi connectivity index (χ4v) is 5.38. The molecule has 0 fully saturated rings. The zero-order valence-corrected chi connectivity index (χ0v) is 14.0. The van der Waals surface area contributed by atoms with Crippen LogP contribution >= 0.6 is 22.7 Å².